The molecule has 0 aliphatic carbocycles. The van der Waals surface area contributed by atoms with Gasteiger partial charge in [0.25, 0.3) is 5.91 Å². The molecule has 20 heavy (non-hydrogen) atoms. The number of rotatable bonds is 2. The van der Waals surface area contributed by atoms with Crippen molar-refractivity contribution in [1.29, 1.82) is 0 Å². The number of halogens is 2. The first-order valence-corrected chi connectivity index (χ1v) is 6.37. The minimum absolute atomic E-state index is 0.0280. The van der Waals surface area contributed by atoms with Gasteiger partial charge in [-0.05, 0) is 45.4 Å². The third kappa shape index (κ3) is 2.37. The number of nitrogens with one attached hydrogen (secondary N) is 2. The molecule has 0 spiro atoms. The van der Waals surface area contributed by atoms with Crippen LogP contribution >= 0.6 is 0 Å². The van der Waals surface area contributed by atoms with E-state index in [-0.39, 0.29) is 23.1 Å². The zero-order valence-corrected chi connectivity index (χ0v) is 11.8. The van der Waals surface area contributed by atoms with E-state index < -0.39 is 23.1 Å². The van der Waals surface area contributed by atoms with E-state index in [1.807, 2.05) is 13.8 Å². The van der Waals surface area contributed by atoms with Crippen LogP contribution in [0.1, 0.15) is 31.9 Å². The molecule has 1 saturated heterocycles. The first-order valence-electron chi connectivity index (χ1n) is 6.37. The molecule has 1 unspecified atom stereocenters. The van der Waals surface area contributed by atoms with E-state index >= 15 is 0 Å². The number of guanidine groups is 1. The Morgan fingerprint density at radius 3 is 2.50 bits per heavy atom. The summed E-state index contributed by atoms with van der Waals surface area (Å²) < 4.78 is 27.7. The number of hydrogen-bond donors (Lipinski definition) is 2. The molecule has 0 radical (unpaired) electrons. The van der Waals surface area contributed by atoms with Crippen LogP contribution in [0.2, 0.25) is 0 Å². The van der Waals surface area contributed by atoms with Gasteiger partial charge in [-0.25, -0.2) is 8.78 Å². The molecule has 108 valence electrons. The number of aryl methyl sites for hydroxylation is 1. The van der Waals surface area contributed by atoms with Crippen LogP contribution in [0.15, 0.2) is 17.1 Å². The van der Waals surface area contributed by atoms with Gasteiger partial charge >= 0.3 is 0 Å². The lowest BCUT2D eigenvalue weighted by atomic mass is 9.91. The molecule has 0 bridgehead atoms. The van der Waals surface area contributed by atoms with Gasteiger partial charge in [-0.1, -0.05) is 0 Å². The Morgan fingerprint density at radius 2 is 1.90 bits per heavy atom. The van der Waals surface area contributed by atoms with Gasteiger partial charge in [0.05, 0.1) is 0 Å². The van der Waals surface area contributed by atoms with Crippen LogP contribution in [-0.2, 0) is 10.3 Å². The first kappa shape index (κ1) is 14.4. The number of benzene rings is 1. The van der Waals surface area contributed by atoms with Crippen LogP contribution in [-0.4, -0.2) is 17.9 Å². The SMILES string of the molecule is Cc1cc(F)c(C2(C)NC(=NC(C)C)NC2=O)cc1F. The standard InChI is InChI=1S/C14H17F2N3O/c1-7(2)17-13-18-12(20)14(4,19-13)9-6-10(15)8(3)5-11(9)16/h5-7H,1-4H3,(H2,17,18,19,20). The van der Waals surface area contributed by atoms with Crippen molar-refractivity contribution in [2.75, 3.05) is 0 Å². The monoisotopic (exact) mass is 281 g/mol. The normalized spacial score (nSPS) is 24.1. The van der Waals surface area contributed by atoms with Gasteiger partial charge in [0.2, 0.25) is 0 Å². The lowest BCUT2D eigenvalue weighted by molar-refractivity contribution is -0.123. The number of carbonyl (C=O) groups is 1. The summed E-state index contributed by atoms with van der Waals surface area (Å²) in [5.74, 6) is -1.36. The Bertz CT molecular complexity index is 598. The molecule has 2 N–H and O–H groups in total. The summed E-state index contributed by atoms with van der Waals surface area (Å²) in [5, 5.41) is 5.38. The van der Waals surface area contributed by atoms with Gasteiger partial charge < -0.3 is 5.32 Å². The molecule has 1 fully saturated rings. The molecule has 4 nitrogen and oxygen atoms in total. The van der Waals surface area contributed by atoms with E-state index in [9.17, 15) is 13.6 Å². The number of aliphatic imine (C=N–C) groups is 1. The van der Waals surface area contributed by atoms with Crippen molar-refractivity contribution in [2.45, 2.75) is 39.3 Å². The smallest absolute Gasteiger partial charge is 0.256 e. The largest absolute Gasteiger partial charge is 0.338 e. The second-order valence-corrected chi connectivity index (χ2v) is 5.36. The summed E-state index contributed by atoms with van der Waals surface area (Å²) >= 11 is 0. The van der Waals surface area contributed by atoms with E-state index in [2.05, 4.69) is 15.6 Å². The average molecular weight is 281 g/mol. The highest BCUT2D eigenvalue weighted by Gasteiger charge is 2.44. The fraction of sp³-hybridized carbons (Fsp3) is 0.429. The summed E-state index contributed by atoms with van der Waals surface area (Å²) in [6.45, 7) is 6.67. The van der Waals surface area contributed by atoms with Crippen LogP contribution in [0, 0.1) is 18.6 Å². The topological polar surface area (TPSA) is 53.5 Å². The Kier molecular flexibility index (Phi) is 3.50. The van der Waals surface area contributed by atoms with Crippen molar-refractivity contribution < 1.29 is 13.6 Å². The van der Waals surface area contributed by atoms with Gasteiger partial charge in [-0.15, -0.1) is 0 Å². The third-order valence-electron chi connectivity index (χ3n) is 3.23. The number of hydrogen-bond acceptors (Lipinski definition) is 2. The maximum atomic E-state index is 14.1. The van der Waals surface area contributed by atoms with Crippen LogP contribution < -0.4 is 10.6 Å². The second-order valence-electron chi connectivity index (χ2n) is 5.36. The van der Waals surface area contributed by atoms with Crippen LogP contribution in [0.5, 0.6) is 0 Å². The Labute approximate surface area is 116 Å². The molecule has 1 aliphatic rings. The second kappa shape index (κ2) is 4.85. The highest BCUT2D eigenvalue weighted by Crippen LogP contribution is 2.28. The fourth-order valence-corrected chi connectivity index (χ4v) is 2.10. The van der Waals surface area contributed by atoms with Gasteiger partial charge in [0.15, 0.2) is 5.96 Å². The van der Waals surface area contributed by atoms with Crippen molar-refractivity contribution in [3.63, 3.8) is 0 Å². The molecule has 0 aromatic heterocycles. The fourth-order valence-electron chi connectivity index (χ4n) is 2.10. The summed E-state index contributed by atoms with van der Waals surface area (Å²) in [7, 11) is 0. The summed E-state index contributed by atoms with van der Waals surface area (Å²) in [6.07, 6.45) is 0. The third-order valence-corrected chi connectivity index (χ3v) is 3.23. The van der Waals surface area contributed by atoms with Gasteiger partial charge in [-0.2, -0.15) is 0 Å². The molecule has 2 rings (SSSR count). The van der Waals surface area contributed by atoms with E-state index in [1.165, 1.54) is 13.8 Å². The lowest BCUT2D eigenvalue weighted by Crippen LogP contribution is -2.41. The summed E-state index contributed by atoms with van der Waals surface area (Å²) in [4.78, 5) is 16.3. The molecule has 1 amide bonds. The molecule has 0 saturated carbocycles. The van der Waals surface area contributed by atoms with Crippen molar-refractivity contribution in [3.8, 4) is 0 Å². The zero-order valence-electron chi connectivity index (χ0n) is 11.8. The maximum absolute atomic E-state index is 14.1. The van der Waals surface area contributed by atoms with Crippen molar-refractivity contribution >= 4 is 11.9 Å². The molecule has 1 aliphatic heterocycles. The predicted molar refractivity (Wildman–Crippen MR) is 72.3 cm³/mol. The summed E-state index contributed by atoms with van der Waals surface area (Å²) in [6, 6.07) is 2.11. The first-order chi connectivity index (χ1) is 9.24. The molecule has 1 heterocycles. The van der Waals surface area contributed by atoms with E-state index in [0.717, 1.165) is 12.1 Å². The quantitative estimate of drug-likeness (QED) is 0.871. The minimum atomic E-state index is -1.37. The van der Waals surface area contributed by atoms with Gasteiger partial charge in [0, 0.05) is 11.6 Å². The van der Waals surface area contributed by atoms with Crippen LogP contribution in [0.4, 0.5) is 8.78 Å². The average Bonchev–Trinajstić information content (AvgIpc) is 2.59. The van der Waals surface area contributed by atoms with Crippen LogP contribution in [0.3, 0.4) is 0 Å². The molecular formula is C14H17F2N3O. The molecule has 1 aromatic rings. The minimum Gasteiger partial charge on any atom is -0.338 e. The van der Waals surface area contributed by atoms with Crippen LogP contribution in [0.25, 0.3) is 0 Å². The Balaban J connectivity index is 2.46. The van der Waals surface area contributed by atoms with Crippen molar-refractivity contribution in [3.05, 3.63) is 34.9 Å². The molecular weight excluding hydrogens is 264 g/mol. The van der Waals surface area contributed by atoms with E-state index in [4.69, 9.17) is 0 Å². The highest BCUT2D eigenvalue weighted by molar-refractivity contribution is 6.09. The Hall–Kier alpha value is -1.98. The predicted octanol–water partition coefficient (Wildman–Crippen LogP) is 1.97. The van der Waals surface area contributed by atoms with Crippen molar-refractivity contribution in [1.82, 2.24) is 10.6 Å². The molecule has 1 atom stereocenters. The van der Waals surface area contributed by atoms with E-state index in [0.29, 0.717) is 0 Å². The molecule has 6 heteroatoms. The maximum Gasteiger partial charge on any atom is 0.256 e. The van der Waals surface area contributed by atoms with E-state index in [1.54, 1.807) is 0 Å². The van der Waals surface area contributed by atoms with Gasteiger partial charge in [-0.3, -0.25) is 15.1 Å². The highest BCUT2D eigenvalue weighted by atomic mass is 19.1. The molecule has 1 aromatic carbocycles. The van der Waals surface area contributed by atoms with Gasteiger partial charge in [0.1, 0.15) is 17.2 Å². The zero-order chi connectivity index (χ0) is 15.1. The summed E-state index contributed by atoms with van der Waals surface area (Å²) in [5.41, 5.74) is -1.21. The van der Waals surface area contributed by atoms with Crippen molar-refractivity contribution in [2.24, 2.45) is 4.99 Å². The number of carbonyl (C=O) groups excluding carboxylic acids is 1. The number of nitrogens with zero attached hydrogens (tertiary/aromatic N) is 1. The number of amides is 1. The Morgan fingerprint density at radius 1 is 1.25 bits per heavy atom. The lowest BCUT2D eigenvalue weighted by Gasteiger charge is -2.22.